The van der Waals surface area contributed by atoms with Gasteiger partial charge in [0.25, 0.3) is 21.6 Å². The van der Waals surface area contributed by atoms with Gasteiger partial charge in [0.2, 0.25) is 0 Å². The Morgan fingerprint density at radius 1 is 0.986 bits per heavy atom. The predicted molar refractivity (Wildman–Crippen MR) is 287 cm³/mol. The number of fused-ring (bicyclic) bond motifs is 1. The molecule has 2 aromatic heterocycles. The molecule has 1 atom stereocenters. The van der Waals surface area contributed by atoms with Crippen molar-refractivity contribution in [1.82, 2.24) is 24.5 Å². The minimum Gasteiger partial charge on any atom is -0.496 e. The molecule has 4 heterocycles. The molecule has 6 aromatic rings. The smallest absolute Gasteiger partial charge is 0.293 e. The third-order valence-corrected chi connectivity index (χ3v) is 17.5. The van der Waals surface area contributed by atoms with E-state index in [1.54, 1.807) is 31.5 Å². The molecule has 2 aliphatic carbocycles. The van der Waals surface area contributed by atoms with Crippen LogP contribution >= 0.6 is 0 Å². The normalized spacial score (nSPS) is 21.3. The van der Waals surface area contributed by atoms with Gasteiger partial charge < -0.3 is 29.8 Å². The molecule has 1 spiro atoms. The van der Waals surface area contributed by atoms with Crippen molar-refractivity contribution >= 4 is 44.0 Å². The monoisotopic (exact) mass is 1020 g/mol. The van der Waals surface area contributed by atoms with Crippen LogP contribution < -0.4 is 24.4 Å². The summed E-state index contributed by atoms with van der Waals surface area (Å²) < 4.78 is 42.0. The van der Waals surface area contributed by atoms with E-state index in [0.717, 1.165) is 94.3 Å². The highest BCUT2D eigenvalue weighted by Crippen LogP contribution is 2.54. The topological polar surface area (TPSA) is 196 Å². The molecule has 0 radical (unpaired) electrons. The number of anilines is 2. The van der Waals surface area contributed by atoms with Gasteiger partial charge in [-0.2, -0.15) is 0 Å². The molecule has 1 amide bonds. The number of methoxy groups -OCH3 is 1. The minimum absolute atomic E-state index is 0.0337. The zero-order valence-electron chi connectivity index (χ0n) is 43.0. The standard InChI is InChI=1S/C57H68N8O8S/c1-6-40-12-11-39(25-52(40)72-5)33-62-23-24-64(51(34-62)47-10-8-7-9-46(47)37(2)3)43-29-57(30-43)35-63(36-57)42-13-15-48(53(27-42)73-44-26-41-19-22-58-54(41)60-32-44)55(66)61-74(70,71)45-14-16-49(50(28-45)65(68)69)59-31-38-17-20-56(4,67)21-18-38/h7-16,19,22,25-28,32,37-38,43,51,59,67H,6,17-18,20-21,23-24,29-31,33-36H2,1-5H3,(H,58,60)(H,61,66). The first-order valence-electron chi connectivity index (χ1n) is 26.0. The Hall–Kier alpha value is -6.53. The molecule has 2 saturated heterocycles. The Kier molecular flexibility index (Phi) is 14.2. The lowest BCUT2D eigenvalue weighted by atomic mass is 9.59. The maximum Gasteiger partial charge on any atom is 0.293 e. The molecule has 2 saturated carbocycles. The number of aryl methyl sites for hydroxylation is 1. The third-order valence-electron chi connectivity index (χ3n) is 16.1. The molecule has 4 aliphatic rings. The minimum atomic E-state index is -4.59. The summed E-state index contributed by atoms with van der Waals surface area (Å²) in [6, 6.07) is 28.6. The summed E-state index contributed by atoms with van der Waals surface area (Å²) in [5.74, 6) is 1.09. The lowest BCUT2D eigenvalue weighted by molar-refractivity contribution is -0.384. The van der Waals surface area contributed by atoms with E-state index in [-0.39, 0.29) is 34.4 Å². The molecule has 2 aliphatic heterocycles. The van der Waals surface area contributed by atoms with Crippen LogP contribution in [0, 0.1) is 21.4 Å². The molecule has 10 rings (SSSR count). The Labute approximate surface area is 433 Å². The van der Waals surface area contributed by atoms with Crippen molar-refractivity contribution < 1.29 is 32.7 Å². The highest BCUT2D eigenvalue weighted by atomic mass is 32.2. The van der Waals surface area contributed by atoms with Crippen molar-refractivity contribution in [3.63, 3.8) is 0 Å². The lowest BCUT2D eigenvalue weighted by Gasteiger charge is -2.63. The Morgan fingerprint density at radius 2 is 1.77 bits per heavy atom. The maximum absolute atomic E-state index is 14.1. The Bertz CT molecular complexity index is 3150. The third kappa shape index (κ3) is 10.7. The number of aromatic amines is 1. The van der Waals surface area contributed by atoms with Gasteiger partial charge in [-0.3, -0.25) is 24.7 Å². The molecule has 390 valence electrons. The second kappa shape index (κ2) is 20.6. The van der Waals surface area contributed by atoms with E-state index in [1.807, 2.05) is 19.1 Å². The quantitative estimate of drug-likeness (QED) is 0.0498. The summed E-state index contributed by atoms with van der Waals surface area (Å²) in [5, 5.41) is 26.5. The fourth-order valence-corrected chi connectivity index (χ4v) is 12.9. The molecule has 0 bridgehead atoms. The largest absolute Gasteiger partial charge is 0.496 e. The number of H-pyrrole nitrogens is 1. The number of sulfonamides is 1. The molecule has 74 heavy (non-hydrogen) atoms. The van der Waals surface area contributed by atoms with Crippen LogP contribution in [-0.4, -0.2) is 102 Å². The number of pyridine rings is 1. The van der Waals surface area contributed by atoms with Crippen molar-refractivity contribution in [3.8, 4) is 17.2 Å². The molecule has 4 aromatic carbocycles. The van der Waals surface area contributed by atoms with Crippen LogP contribution in [-0.2, 0) is 23.0 Å². The van der Waals surface area contributed by atoms with Gasteiger partial charge in [0.15, 0.2) is 0 Å². The number of hydrogen-bond donors (Lipinski definition) is 4. The van der Waals surface area contributed by atoms with Crippen molar-refractivity contribution in [3.05, 3.63) is 141 Å². The van der Waals surface area contributed by atoms with Gasteiger partial charge in [0.05, 0.1) is 34.3 Å². The highest BCUT2D eigenvalue weighted by molar-refractivity contribution is 7.90. The maximum atomic E-state index is 14.1. The van der Waals surface area contributed by atoms with Crippen LogP contribution in [0.5, 0.6) is 17.2 Å². The summed E-state index contributed by atoms with van der Waals surface area (Å²) in [5.41, 5.74) is 5.91. The van der Waals surface area contributed by atoms with Crippen LogP contribution in [0.3, 0.4) is 0 Å². The van der Waals surface area contributed by atoms with Crippen LogP contribution in [0.15, 0.2) is 108 Å². The van der Waals surface area contributed by atoms with Crippen molar-refractivity contribution in [2.24, 2.45) is 11.3 Å². The van der Waals surface area contributed by atoms with Gasteiger partial charge in [-0.1, -0.05) is 57.2 Å². The molecular formula is C57H68N8O8S. The van der Waals surface area contributed by atoms with Crippen LogP contribution in [0.25, 0.3) is 11.0 Å². The average molecular weight is 1030 g/mol. The number of rotatable bonds is 17. The number of hydrogen-bond acceptors (Lipinski definition) is 13. The number of nitrogens with zero attached hydrogens (tertiary/aromatic N) is 5. The first-order valence-corrected chi connectivity index (χ1v) is 27.5. The molecule has 1 unspecified atom stereocenters. The number of piperazine rings is 1. The summed E-state index contributed by atoms with van der Waals surface area (Å²) in [6.07, 6.45) is 9.17. The van der Waals surface area contributed by atoms with Gasteiger partial charge in [0, 0.05) is 92.7 Å². The Morgan fingerprint density at radius 3 is 2.51 bits per heavy atom. The molecule has 16 nitrogen and oxygen atoms in total. The zero-order valence-corrected chi connectivity index (χ0v) is 43.8. The fourth-order valence-electron chi connectivity index (χ4n) is 11.9. The molecule has 17 heteroatoms. The second-order valence-electron chi connectivity index (χ2n) is 21.8. The Balaban J connectivity index is 0.840. The number of amides is 1. The SMILES string of the molecule is CCc1ccc(CN2CCN(C3CC4(C3)CN(c3ccc(C(=O)NS(=O)(=O)c5ccc(NCC6CCC(C)(O)CC6)c([N+](=O)[O-])c5)c(Oc5cnc6[nH]ccc6c5)c3)C4)C(c3ccccc3C(C)C)C2)cc1OC. The first-order chi connectivity index (χ1) is 35.5. The first kappa shape index (κ1) is 51.0. The van der Waals surface area contributed by atoms with Gasteiger partial charge in [0.1, 0.15) is 28.6 Å². The van der Waals surface area contributed by atoms with Crippen molar-refractivity contribution in [1.29, 1.82) is 0 Å². The van der Waals surface area contributed by atoms with Crippen molar-refractivity contribution in [2.75, 3.05) is 56.6 Å². The molecule has 4 N–H and O–H groups in total. The molecular weight excluding hydrogens is 957 g/mol. The number of nitrogens with one attached hydrogen (secondary N) is 3. The number of ether oxygens (including phenoxy) is 2. The predicted octanol–water partition coefficient (Wildman–Crippen LogP) is 9.96. The van der Waals surface area contributed by atoms with E-state index in [0.29, 0.717) is 42.7 Å². The highest BCUT2D eigenvalue weighted by Gasteiger charge is 2.55. The van der Waals surface area contributed by atoms with Gasteiger partial charge in [-0.05, 0) is 128 Å². The van der Waals surface area contributed by atoms with Crippen molar-refractivity contribution in [2.45, 2.75) is 108 Å². The zero-order chi connectivity index (χ0) is 51.9. The van der Waals surface area contributed by atoms with Crippen LogP contribution in [0.2, 0.25) is 0 Å². The van der Waals surface area contributed by atoms with E-state index in [1.165, 1.54) is 40.6 Å². The summed E-state index contributed by atoms with van der Waals surface area (Å²) >= 11 is 0. The molecule has 4 fully saturated rings. The number of nitro benzene ring substituents is 1. The summed E-state index contributed by atoms with van der Waals surface area (Å²) in [4.78, 5) is 40.4. The average Bonchev–Trinajstić information content (AvgIpc) is 3.84. The van der Waals surface area contributed by atoms with E-state index < -0.39 is 37.0 Å². The van der Waals surface area contributed by atoms with Crippen LogP contribution in [0.1, 0.15) is 111 Å². The fraction of sp³-hybridized carbons (Fsp3) is 0.439. The number of aromatic nitrogens is 2. The summed E-state index contributed by atoms with van der Waals surface area (Å²) in [6.45, 7) is 14.4. The second-order valence-corrected chi connectivity index (χ2v) is 23.4. The van der Waals surface area contributed by atoms with E-state index in [4.69, 9.17) is 9.47 Å². The number of carbonyl (C=O) groups excluding carboxylic acids is 1. The number of nitro groups is 1. The summed E-state index contributed by atoms with van der Waals surface area (Å²) in [7, 11) is -2.84. The number of carbonyl (C=O) groups is 1. The van der Waals surface area contributed by atoms with Gasteiger partial charge in [-0.15, -0.1) is 0 Å². The lowest BCUT2D eigenvalue weighted by Crippen LogP contribution is -2.68. The number of aliphatic hydroxyl groups is 1. The van der Waals surface area contributed by atoms with Gasteiger partial charge >= 0.3 is 0 Å². The van der Waals surface area contributed by atoms with E-state index in [9.17, 15) is 28.4 Å². The van der Waals surface area contributed by atoms with E-state index >= 15 is 0 Å². The van der Waals surface area contributed by atoms with E-state index in [2.05, 4.69) is 97.9 Å². The number of benzene rings is 4. The van der Waals surface area contributed by atoms with Gasteiger partial charge in [-0.25, -0.2) is 18.1 Å². The van der Waals surface area contributed by atoms with Crippen LogP contribution in [0.4, 0.5) is 17.1 Å².